The van der Waals surface area contributed by atoms with Crippen molar-refractivity contribution in [1.29, 1.82) is 5.26 Å². The number of nitrogens with zero attached hydrogens (tertiary/aromatic N) is 3. The largest absolute Gasteiger partial charge is 0.379 e. The number of halogens is 2. The molecule has 2 heterocycles. The number of nitrogens with two attached hydrogens (primary N) is 1. The van der Waals surface area contributed by atoms with Gasteiger partial charge in [0.25, 0.3) is 5.91 Å². The Bertz CT molecular complexity index is 1100. The molecule has 0 bridgehead atoms. The number of rotatable bonds is 3. The number of carbonyl (C=O) groups excluding carboxylic acids is 1. The van der Waals surface area contributed by atoms with Gasteiger partial charge in [0, 0.05) is 34.7 Å². The van der Waals surface area contributed by atoms with Crippen LogP contribution in [0.25, 0.3) is 0 Å². The number of fused-ring (bicyclic) bond motifs is 1. The Morgan fingerprint density at radius 2 is 2.10 bits per heavy atom. The summed E-state index contributed by atoms with van der Waals surface area (Å²) in [6.45, 7) is 3.67. The van der Waals surface area contributed by atoms with Gasteiger partial charge in [-0.05, 0) is 30.5 Å². The molecule has 0 radical (unpaired) electrons. The van der Waals surface area contributed by atoms with Gasteiger partial charge in [0.15, 0.2) is 16.8 Å². The summed E-state index contributed by atoms with van der Waals surface area (Å²) in [5.41, 5.74) is 6.97. The van der Waals surface area contributed by atoms with Crippen molar-refractivity contribution in [1.82, 2.24) is 4.98 Å². The molecule has 2 aromatic rings. The number of benzene rings is 1. The second-order valence-corrected chi connectivity index (χ2v) is 8.45. The Labute approximate surface area is 170 Å². The SMILES string of the molecule is Cc1cc(C#N)cnc1C(=O)Nc1cc(F)c(F)c(C2N=C(N)SC3C(C)C23)c1. The zero-order chi connectivity index (χ0) is 20.9. The summed E-state index contributed by atoms with van der Waals surface area (Å²) in [6, 6.07) is 5.22. The number of carbonyl (C=O) groups is 1. The van der Waals surface area contributed by atoms with Crippen LogP contribution in [0.15, 0.2) is 29.4 Å². The van der Waals surface area contributed by atoms with Gasteiger partial charge in [0.1, 0.15) is 11.8 Å². The van der Waals surface area contributed by atoms with Crippen molar-refractivity contribution in [2.45, 2.75) is 25.1 Å². The normalized spacial score (nSPS) is 24.9. The van der Waals surface area contributed by atoms with E-state index >= 15 is 0 Å². The topological polar surface area (TPSA) is 104 Å². The van der Waals surface area contributed by atoms with E-state index in [-0.39, 0.29) is 28.1 Å². The predicted octanol–water partition coefficient (Wildman–Crippen LogP) is 3.53. The highest BCUT2D eigenvalue weighted by Crippen LogP contribution is 2.58. The molecule has 4 atom stereocenters. The second-order valence-electron chi connectivity index (χ2n) is 7.25. The summed E-state index contributed by atoms with van der Waals surface area (Å²) in [6.07, 6.45) is 1.28. The molecule has 1 fully saturated rings. The van der Waals surface area contributed by atoms with E-state index < -0.39 is 23.6 Å². The fraction of sp³-hybridized carbons (Fsp3) is 0.300. The summed E-state index contributed by atoms with van der Waals surface area (Å²) in [7, 11) is 0. The van der Waals surface area contributed by atoms with Gasteiger partial charge in [-0.2, -0.15) is 5.26 Å². The molecule has 0 saturated heterocycles. The maximum atomic E-state index is 14.6. The Morgan fingerprint density at radius 3 is 2.79 bits per heavy atom. The number of aryl methyl sites for hydroxylation is 1. The molecule has 1 aliphatic heterocycles. The van der Waals surface area contributed by atoms with E-state index in [0.29, 0.717) is 22.2 Å². The van der Waals surface area contributed by atoms with Crippen molar-refractivity contribution < 1.29 is 13.6 Å². The number of hydrogen-bond acceptors (Lipinski definition) is 6. The predicted molar refractivity (Wildman–Crippen MR) is 106 cm³/mol. The summed E-state index contributed by atoms with van der Waals surface area (Å²) in [5, 5.41) is 12.1. The van der Waals surface area contributed by atoms with E-state index in [2.05, 4.69) is 15.3 Å². The highest BCUT2D eigenvalue weighted by atomic mass is 32.2. The minimum Gasteiger partial charge on any atom is -0.379 e. The number of aromatic nitrogens is 1. The van der Waals surface area contributed by atoms with Crippen molar-refractivity contribution >= 4 is 28.5 Å². The van der Waals surface area contributed by atoms with Gasteiger partial charge in [0.05, 0.1) is 11.6 Å². The average molecular weight is 413 g/mol. The van der Waals surface area contributed by atoms with E-state index in [1.165, 1.54) is 30.1 Å². The van der Waals surface area contributed by atoms with Crippen molar-refractivity contribution in [3.63, 3.8) is 0 Å². The summed E-state index contributed by atoms with van der Waals surface area (Å²) in [4.78, 5) is 20.9. The van der Waals surface area contributed by atoms with Gasteiger partial charge < -0.3 is 11.1 Å². The van der Waals surface area contributed by atoms with Gasteiger partial charge in [-0.1, -0.05) is 18.7 Å². The molecular weight excluding hydrogens is 396 g/mol. The van der Waals surface area contributed by atoms with E-state index in [1.807, 2.05) is 13.0 Å². The van der Waals surface area contributed by atoms with Crippen LogP contribution in [0.3, 0.4) is 0 Å². The minimum absolute atomic E-state index is 0.0763. The monoisotopic (exact) mass is 413 g/mol. The number of amides is 1. The first-order chi connectivity index (χ1) is 13.8. The van der Waals surface area contributed by atoms with Crippen LogP contribution in [0.5, 0.6) is 0 Å². The Hall–Kier alpha value is -2.99. The first kappa shape index (κ1) is 19.3. The molecule has 3 N–H and O–H groups in total. The lowest BCUT2D eigenvalue weighted by Crippen LogP contribution is -2.19. The van der Waals surface area contributed by atoms with E-state index in [4.69, 9.17) is 11.0 Å². The fourth-order valence-electron chi connectivity index (χ4n) is 3.74. The maximum absolute atomic E-state index is 14.6. The molecule has 1 aromatic heterocycles. The van der Waals surface area contributed by atoms with Crippen LogP contribution < -0.4 is 11.1 Å². The van der Waals surface area contributed by atoms with Gasteiger partial charge in [-0.3, -0.25) is 9.79 Å². The molecule has 1 saturated carbocycles. The molecule has 6 nitrogen and oxygen atoms in total. The molecule has 1 aliphatic carbocycles. The smallest absolute Gasteiger partial charge is 0.274 e. The van der Waals surface area contributed by atoms with Crippen LogP contribution in [0.2, 0.25) is 0 Å². The number of aliphatic imine (C=N–C) groups is 1. The molecular formula is C20H17F2N5OS. The zero-order valence-corrected chi connectivity index (χ0v) is 16.4. The average Bonchev–Trinajstić information content (AvgIpc) is 3.33. The highest BCUT2D eigenvalue weighted by Gasteiger charge is 2.55. The van der Waals surface area contributed by atoms with E-state index in [9.17, 15) is 13.6 Å². The van der Waals surface area contributed by atoms with Crippen molar-refractivity contribution in [3.05, 3.63) is 58.4 Å². The third-order valence-electron chi connectivity index (χ3n) is 5.31. The molecule has 29 heavy (non-hydrogen) atoms. The van der Waals surface area contributed by atoms with Crippen LogP contribution in [0.1, 0.15) is 40.1 Å². The zero-order valence-electron chi connectivity index (χ0n) is 15.6. The molecule has 0 spiro atoms. The first-order valence-corrected chi connectivity index (χ1v) is 9.85. The van der Waals surface area contributed by atoms with Crippen LogP contribution in [0.4, 0.5) is 14.5 Å². The maximum Gasteiger partial charge on any atom is 0.274 e. The highest BCUT2D eigenvalue weighted by molar-refractivity contribution is 8.14. The minimum atomic E-state index is -1.07. The van der Waals surface area contributed by atoms with Crippen LogP contribution in [0, 0.1) is 41.7 Å². The second kappa shape index (κ2) is 7.12. The summed E-state index contributed by atoms with van der Waals surface area (Å²) >= 11 is 1.46. The quantitative estimate of drug-likeness (QED) is 0.801. The molecule has 4 unspecified atom stereocenters. The molecule has 1 aromatic carbocycles. The Balaban J connectivity index is 1.65. The third-order valence-corrected chi connectivity index (χ3v) is 6.67. The molecule has 148 valence electrons. The van der Waals surface area contributed by atoms with Crippen LogP contribution >= 0.6 is 11.8 Å². The fourth-order valence-corrected chi connectivity index (χ4v) is 5.05. The van der Waals surface area contributed by atoms with Gasteiger partial charge >= 0.3 is 0 Å². The van der Waals surface area contributed by atoms with Crippen molar-refractivity contribution in [3.8, 4) is 6.07 Å². The number of pyridine rings is 1. The standard InChI is InChI=1S/C20H17F2N5OS/c1-8-3-10(6-23)7-25-16(8)19(28)26-11-4-12(15(22)13(21)5-11)17-14-9(2)18(14)29-20(24)27-17/h3-5,7,9,14,17-18H,1-2H3,(H2,24,27)(H,26,28). The first-order valence-electron chi connectivity index (χ1n) is 8.97. The van der Waals surface area contributed by atoms with Crippen LogP contribution in [-0.4, -0.2) is 21.3 Å². The van der Waals surface area contributed by atoms with Gasteiger partial charge in [-0.15, -0.1) is 0 Å². The number of amidine groups is 1. The lowest BCUT2D eigenvalue weighted by atomic mass is 10.00. The van der Waals surface area contributed by atoms with E-state index in [1.54, 1.807) is 6.92 Å². The number of nitriles is 1. The Kier molecular flexibility index (Phi) is 4.74. The number of nitrogens with one attached hydrogen (secondary N) is 1. The molecule has 4 rings (SSSR count). The molecule has 2 aliphatic rings. The van der Waals surface area contributed by atoms with Gasteiger partial charge in [0.2, 0.25) is 0 Å². The number of thioether (sulfide) groups is 1. The summed E-state index contributed by atoms with van der Waals surface area (Å²) < 4.78 is 28.9. The lowest BCUT2D eigenvalue weighted by Gasteiger charge is -2.20. The Morgan fingerprint density at radius 1 is 1.34 bits per heavy atom. The third kappa shape index (κ3) is 3.44. The lowest BCUT2D eigenvalue weighted by molar-refractivity contribution is 0.102. The summed E-state index contributed by atoms with van der Waals surface area (Å²) in [5.74, 6) is -2.26. The van der Waals surface area contributed by atoms with Crippen molar-refractivity contribution in [2.75, 3.05) is 5.32 Å². The van der Waals surface area contributed by atoms with Crippen molar-refractivity contribution in [2.24, 2.45) is 22.6 Å². The molecule has 9 heteroatoms. The van der Waals surface area contributed by atoms with Crippen LogP contribution in [-0.2, 0) is 0 Å². The van der Waals surface area contributed by atoms with E-state index in [0.717, 1.165) is 6.07 Å². The van der Waals surface area contributed by atoms with Gasteiger partial charge in [-0.25, -0.2) is 13.8 Å². The molecule has 1 amide bonds. The number of anilines is 1. The number of hydrogen-bond donors (Lipinski definition) is 2.